The van der Waals surface area contributed by atoms with Crippen LogP contribution in [-0.2, 0) is 0 Å². The van der Waals surface area contributed by atoms with Crippen LogP contribution in [0.4, 0.5) is 0 Å². The maximum Gasteiger partial charge on any atom is 0.137 e. The highest BCUT2D eigenvalue weighted by molar-refractivity contribution is 5.31. The van der Waals surface area contributed by atoms with Gasteiger partial charge in [0.25, 0.3) is 0 Å². The molecule has 0 aliphatic heterocycles. The second kappa shape index (κ2) is 5.99. The van der Waals surface area contributed by atoms with Gasteiger partial charge in [-0.25, -0.2) is 0 Å². The van der Waals surface area contributed by atoms with E-state index in [1.165, 1.54) is 5.56 Å². The Labute approximate surface area is 98.9 Å². The minimum Gasteiger partial charge on any atom is -1.00 e. The molecular formula is C12H20ClNO. The summed E-state index contributed by atoms with van der Waals surface area (Å²) in [5.41, 5.74) is 1.20. The van der Waals surface area contributed by atoms with E-state index >= 15 is 0 Å². The van der Waals surface area contributed by atoms with E-state index in [2.05, 4.69) is 34.1 Å². The number of ether oxygens (including phenoxy) is 1. The number of benzene rings is 1. The van der Waals surface area contributed by atoms with Gasteiger partial charge in [-0.3, -0.25) is 0 Å². The Morgan fingerprint density at radius 3 is 2.27 bits per heavy atom. The maximum atomic E-state index is 5.70. The minimum atomic E-state index is 0. The average Bonchev–Trinajstić information content (AvgIpc) is 2.06. The van der Waals surface area contributed by atoms with E-state index in [9.17, 15) is 0 Å². The van der Waals surface area contributed by atoms with E-state index in [0.717, 1.165) is 23.4 Å². The molecule has 0 aliphatic rings. The Hall–Kier alpha value is -0.730. The van der Waals surface area contributed by atoms with Crippen molar-refractivity contribution in [1.29, 1.82) is 0 Å². The number of para-hydroxylation sites is 1. The van der Waals surface area contributed by atoms with Gasteiger partial charge in [0.1, 0.15) is 18.9 Å². The van der Waals surface area contributed by atoms with Crippen molar-refractivity contribution in [3.63, 3.8) is 0 Å². The molecule has 15 heavy (non-hydrogen) atoms. The predicted octanol–water partition coefficient (Wildman–Crippen LogP) is -0.916. The third-order valence-corrected chi connectivity index (χ3v) is 2.11. The monoisotopic (exact) mass is 229 g/mol. The number of likely N-dealkylation sites (N-methyl/N-ethyl adjacent to an activating group) is 1. The Bertz CT molecular complexity index is 294. The molecule has 0 saturated heterocycles. The molecule has 2 nitrogen and oxygen atoms in total. The number of rotatable bonds is 4. The normalized spacial score (nSPS) is 10.7. The summed E-state index contributed by atoms with van der Waals surface area (Å²) in [6, 6.07) is 8.13. The van der Waals surface area contributed by atoms with Gasteiger partial charge in [-0.1, -0.05) is 18.2 Å². The molecule has 0 aliphatic carbocycles. The Morgan fingerprint density at radius 2 is 1.73 bits per heavy atom. The van der Waals surface area contributed by atoms with Gasteiger partial charge in [-0.15, -0.1) is 0 Å². The van der Waals surface area contributed by atoms with E-state index in [1.54, 1.807) is 0 Å². The van der Waals surface area contributed by atoms with Gasteiger partial charge in [-0.2, -0.15) is 0 Å². The topological polar surface area (TPSA) is 9.23 Å². The molecule has 0 unspecified atom stereocenters. The lowest BCUT2D eigenvalue weighted by Gasteiger charge is -2.23. The molecule has 0 saturated carbocycles. The molecule has 0 heterocycles. The van der Waals surface area contributed by atoms with Crippen LogP contribution in [0.1, 0.15) is 5.56 Å². The molecule has 0 radical (unpaired) electrons. The zero-order valence-corrected chi connectivity index (χ0v) is 10.7. The molecule has 1 rings (SSSR count). The Morgan fingerprint density at radius 1 is 1.13 bits per heavy atom. The molecule has 0 aromatic heterocycles. The van der Waals surface area contributed by atoms with E-state index in [-0.39, 0.29) is 12.4 Å². The van der Waals surface area contributed by atoms with Crippen molar-refractivity contribution in [2.75, 3.05) is 34.3 Å². The van der Waals surface area contributed by atoms with Crippen LogP contribution in [0.5, 0.6) is 5.75 Å². The summed E-state index contributed by atoms with van der Waals surface area (Å²) >= 11 is 0. The lowest BCUT2D eigenvalue weighted by molar-refractivity contribution is -0.870. The molecular weight excluding hydrogens is 210 g/mol. The molecule has 0 atom stereocenters. The fourth-order valence-electron chi connectivity index (χ4n) is 1.15. The van der Waals surface area contributed by atoms with E-state index in [4.69, 9.17) is 4.74 Å². The van der Waals surface area contributed by atoms with Crippen LogP contribution in [-0.4, -0.2) is 38.8 Å². The zero-order valence-electron chi connectivity index (χ0n) is 9.96. The van der Waals surface area contributed by atoms with Crippen LogP contribution in [0.3, 0.4) is 0 Å². The minimum absolute atomic E-state index is 0. The van der Waals surface area contributed by atoms with Gasteiger partial charge in [0.2, 0.25) is 0 Å². The Balaban J connectivity index is 0.00000196. The SMILES string of the molecule is Cc1ccccc1OCC[N+](C)(C)C.[Cl-]. The first-order valence-corrected chi connectivity index (χ1v) is 4.98. The second-order valence-corrected chi connectivity index (χ2v) is 4.63. The van der Waals surface area contributed by atoms with Crippen molar-refractivity contribution in [3.05, 3.63) is 29.8 Å². The number of aryl methyl sites for hydroxylation is 1. The molecule has 0 amide bonds. The zero-order chi connectivity index (χ0) is 10.6. The van der Waals surface area contributed by atoms with Gasteiger partial charge in [0.05, 0.1) is 21.1 Å². The Kier molecular flexibility index (Phi) is 5.69. The van der Waals surface area contributed by atoms with Crippen LogP contribution in [0.25, 0.3) is 0 Å². The number of nitrogens with zero attached hydrogens (tertiary/aromatic N) is 1. The first-order valence-electron chi connectivity index (χ1n) is 4.98. The number of quaternary nitrogens is 1. The van der Waals surface area contributed by atoms with Crippen molar-refractivity contribution in [1.82, 2.24) is 0 Å². The van der Waals surface area contributed by atoms with Gasteiger partial charge in [0, 0.05) is 0 Å². The van der Waals surface area contributed by atoms with E-state index < -0.39 is 0 Å². The molecule has 86 valence electrons. The van der Waals surface area contributed by atoms with Crippen LogP contribution in [0, 0.1) is 6.92 Å². The molecule has 3 heteroatoms. The van der Waals surface area contributed by atoms with E-state index in [1.807, 2.05) is 18.2 Å². The molecule has 0 N–H and O–H groups in total. The van der Waals surface area contributed by atoms with Crippen LogP contribution in [0.15, 0.2) is 24.3 Å². The van der Waals surface area contributed by atoms with Gasteiger partial charge >= 0.3 is 0 Å². The molecule has 0 fully saturated rings. The summed E-state index contributed by atoms with van der Waals surface area (Å²) in [4.78, 5) is 0. The molecule has 1 aromatic carbocycles. The highest BCUT2D eigenvalue weighted by Crippen LogP contribution is 2.15. The van der Waals surface area contributed by atoms with Crippen LogP contribution in [0.2, 0.25) is 0 Å². The first kappa shape index (κ1) is 14.3. The molecule has 1 aromatic rings. The number of halogens is 1. The van der Waals surface area contributed by atoms with Crippen molar-refractivity contribution in [3.8, 4) is 5.75 Å². The lowest BCUT2D eigenvalue weighted by Crippen LogP contribution is -3.00. The third kappa shape index (κ3) is 5.65. The van der Waals surface area contributed by atoms with Gasteiger partial charge in [-0.05, 0) is 18.6 Å². The third-order valence-electron chi connectivity index (χ3n) is 2.11. The lowest BCUT2D eigenvalue weighted by atomic mass is 10.2. The largest absolute Gasteiger partial charge is 1.00 e. The fourth-order valence-corrected chi connectivity index (χ4v) is 1.15. The standard InChI is InChI=1S/C12H20NO.ClH/c1-11-7-5-6-8-12(11)14-10-9-13(2,3)4;/h5-8H,9-10H2,1-4H3;1H/q+1;/p-1. The van der Waals surface area contributed by atoms with Crippen molar-refractivity contribution in [2.24, 2.45) is 0 Å². The fraction of sp³-hybridized carbons (Fsp3) is 0.500. The number of hydrogen-bond donors (Lipinski definition) is 0. The van der Waals surface area contributed by atoms with Crippen molar-refractivity contribution in [2.45, 2.75) is 6.92 Å². The smallest absolute Gasteiger partial charge is 0.137 e. The quantitative estimate of drug-likeness (QED) is 0.608. The summed E-state index contributed by atoms with van der Waals surface area (Å²) in [6.07, 6.45) is 0. The summed E-state index contributed by atoms with van der Waals surface area (Å²) in [7, 11) is 6.50. The molecule has 0 bridgehead atoms. The van der Waals surface area contributed by atoms with Gasteiger partial charge < -0.3 is 21.6 Å². The van der Waals surface area contributed by atoms with Crippen molar-refractivity contribution < 1.29 is 21.6 Å². The number of hydrogen-bond acceptors (Lipinski definition) is 1. The highest BCUT2D eigenvalue weighted by atomic mass is 35.5. The summed E-state index contributed by atoms with van der Waals surface area (Å²) in [5, 5.41) is 0. The highest BCUT2D eigenvalue weighted by Gasteiger charge is 2.06. The molecule has 0 spiro atoms. The maximum absolute atomic E-state index is 5.70. The summed E-state index contributed by atoms with van der Waals surface area (Å²) < 4.78 is 6.63. The van der Waals surface area contributed by atoms with Crippen molar-refractivity contribution >= 4 is 0 Å². The summed E-state index contributed by atoms with van der Waals surface area (Å²) in [5.74, 6) is 1.00. The summed E-state index contributed by atoms with van der Waals surface area (Å²) in [6.45, 7) is 3.87. The average molecular weight is 230 g/mol. The van der Waals surface area contributed by atoms with E-state index in [0.29, 0.717) is 0 Å². The second-order valence-electron chi connectivity index (χ2n) is 4.63. The first-order chi connectivity index (χ1) is 6.49. The van der Waals surface area contributed by atoms with Crippen LogP contribution >= 0.6 is 0 Å². The van der Waals surface area contributed by atoms with Gasteiger partial charge in [0.15, 0.2) is 0 Å². The predicted molar refractivity (Wildman–Crippen MR) is 59.6 cm³/mol. The van der Waals surface area contributed by atoms with Crippen LogP contribution < -0.4 is 17.1 Å².